The second kappa shape index (κ2) is 3.33. The summed E-state index contributed by atoms with van der Waals surface area (Å²) in [6.07, 6.45) is 1.54. The summed E-state index contributed by atoms with van der Waals surface area (Å²) in [5.74, 6) is 2.02. The first-order chi connectivity index (χ1) is 6.74. The average Bonchev–Trinajstić information content (AvgIpc) is 2.72. The first kappa shape index (κ1) is 8.49. The molecule has 0 atom stereocenters. The van der Waals surface area contributed by atoms with Crippen LogP contribution in [0.15, 0.2) is 21.5 Å². The van der Waals surface area contributed by atoms with Crippen molar-refractivity contribution in [2.24, 2.45) is 4.99 Å². The number of rotatable bonds is 2. The summed E-state index contributed by atoms with van der Waals surface area (Å²) in [5, 5.41) is 6.22. The molecule has 2 rings (SSSR count). The highest BCUT2D eigenvalue weighted by Crippen LogP contribution is 2.07. The molecule has 6 heteroatoms. The van der Waals surface area contributed by atoms with Crippen LogP contribution in [0.1, 0.15) is 11.5 Å². The van der Waals surface area contributed by atoms with Gasteiger partial charge in [0, 0.05) is 0 Å². The highest BCUT2D eigenvalue weighted by molar-refractivity contribution is 5.77. The molecule has 0 radical (unpaired) electrons. The van der Waals surface area contributed by atoms with E-state index in [0.717, 1.165) is 5.76 Å². The Bertz CT molecular complexity index is 414. The topological polar surface area (TPSA) is 93.1 Å². The molecule has 0 saturated heterocycles. The van der Waals surface area contributed by atoms with Crippen LogP contribution in [0.4, 0.5) is 11.9 Å². The maximum atomic E-state index is 5.33. The highest BCUT2D eigenvalue weighted by Gasteiger charge is 1.97. The van der Waals surface area contributed by atoms with Gasteiger partial charge in [0.25, 0.3) is 5.95 Å². The molecule has 0 amide bonds. The number of anilines is 1. The molecule has 3 N–H and O–H groups in total. The van der Waals surface area contributed by atoms with Gasteiger partial charge in [-0.2, -0.15) is 4.98 Å². The molecule has 2 aromatic rings. The molecule has 0 spiro atoms. The molecule has 0 aliphatic rings. The van der Waals surface area contributed by atoms with E-state index in [4.69, 9.17) is 10.2 Å². The number of H-pyrrole nitrogens is 1. The van der Waals surface area contributed by atoms with Crippen LogP contribution in [-0.2, 0) is 0 Å². The number of hydrogen-bond donors (Lipinski definition) is 2. The van der Waals surface area contributed by atoms with E-state index in [1.807, 2.05) is 19.1 Å². The van der Waals surface area contributed by atoms with Crippen LogP contribution in [0.25, 0.3) is 0 Å². The Labute approximate surface area is 79.9 Å². The number of nitrogens with two attached hydrogens (primary N) is 1. The number of aromatic nitrogens is 3. The van der Waals surface area contributed by atoms with Gasteiger partial charge in [0.05, 0.1) is 6.21 Å². The van der Waals surface area contributed by atoms with Crippen LogP contribution >= 0.6 is 0 Å². The summed E-state index contributed by atoms with van der Waals surface area (Å²) >= 11 is 0. The smallest absolute Gasteiger partial charge is 0.269 e. The van der Waals surface area contributed by atoms with Crippen molar-refractivity contribution in [2.45, 2.75) is 6.92 Å². The van der Waals surface area contributed by atoms with E-state index in [1.54, 1.807) is 0 Å². The third-order valence-corrected chi connectivity index (χ3v) is 1.56. The number of aromatic amines is 1. The molecule has 0 saturated carbocycles. The first-order valence-corrected chi connectivity index (χ1v) is 4.02. The van der Waals surface area contributed by atoms with Crippen molar-refractivity contribution in [1.82, 2.24) is 15.2 Å². The maximum absolute atomic E-state index is 5.33. The van der Waals surface area contributed by atoms with Crippen LogP contribution in [0, 0.1) is 6.92 Å². The van der Waals surface area contributed by atoms with E-state index < -0.39 is 0 Å². The summed E-state index contributed by atoms with van der Waals surface area (Å²) in [6.45, 7) is 1.86. The Morgan fingerprint density at radius 2 is 2.43 bits per heavy atom. The number of furan rings is 1. The first-order valence-electron chi connectivity index (χ1n) is 4.02. The maximum Gasteiger partial charge on any atom is 0.269 e. The fraction of sp³-hybridized carbons (Fsp3) is 0.125. The van der Waals surface area contributed by atoms with Crippen molar-refractivity contribution >= 4 is 18.1 Å². The minimum Gasteiger partial charge on any atom is -0.460 e. The van der Waals surface area contributed by atoms with Crippen molar-refractivity contribution in [1.29, 1.82) is 0 Å². The number of aryl methyl sites for hydroxylation is 1. The lowest BCUT2D eigenvalue weighted by Crippen LogP contribution is -1.84. The Morgan fingerprint density at radius 3 is 3.00 bits per heavy atom. The highest BCUT2D eigenvalue weighted by atomic mass is 16.3. The molecule has 6 nitrogen and oxygen atoms in total. The van der Waals surface area contributed by atoms with Gasteiger partial charge in [-0.3, -0.25) is 0 Å². The summed E-state index contributed by atoms with van der Waals surface area (Å²) in [4.78, 5) is 7.76. The molecule has 2 heterocycles. The summed E-state index contributed by atoms with van der Waals surface area (Å²) < 4.78 is 5.27. The zero-order valence-corrected chi connectivity index (χ0v) is 7.56. The number of nitrogen functional groups attached to an aromatic ring is 1. The van der Waals surface area contributed by atoms with E-state index in [0.29, 0.717) is 5.76 Å². The SMILES string of the molecule is Cc1ccc(/C=N/c2n[nH]c(N)n2)o1. The molecule has 0 bridgehead atoms. The molecule has 0 fully saturated rings. The van der Waals surface area contributed by atoms with Crippen LogP contribution < -0.4 is 5.73 Å². The zero-order valence-electron chi connectivity index (χ0n) is 7.56. The minimum atomic E-state index is 0.243. The molecular weight excluding hydrogens is 182 g/mol. The largest absolute Gasteiger partial charge is 0.460 e. The van der Waals surface area contributed by atoms with Crippen molar-refractivity contribution in [3.05, 3.63) is 23.7 Å². The standard InChI is InChI=1S/C8H9N5O/c1-5-2-3-6(14-5)4-10-8-11-7(9)12-13-8/h2-4H,1H3,(H3,9,11,12,13)/b10-4+. The lowest BCUT2D eigenvalue weighted by Gasteiger charge is -1.82. The van der Waals surface area contributed by atoms with Crippen LogP contribution in [-0.4, -0.2) is 21.4 Å². The summed E-state index contributed by atoms with van der Waals surface area (Å²) in [5.41, 5.74) is 5.33. The van der Waals surface area contributed by atoms with Gasteiger partial charge in [-0.1, -0.05) is 0 Å². The number of nitrogens with one attached hydrogen (secondary N) is 1. The lowest BCUT2D eigenvalue weighted by atomic mass is 10.4. The molecular formula is C8H9N5O. The quantitative estimate of drug-likeness (QED) is 0.693. The predicted molar refractivity (Wildman–Crippen MR) is 51.5 cm³/mol. The van der Waals surface area contributed by atoms with E-state index in [9.17, 15) is 0 Å². The van der Waals surface area contributed by atoms with Gasteiger partial charge in [-0.15, -0.1) is 5.10 Å². The Kier molecular flexibility index (Phi) is 2.02. The van der Waals surface area contributed by atoms with Crippen LogP contribution in [0.5, 0.6) is 0 Å². The van der Waals surface area contributed by atoms with Crippen molar-refractivity contribution < 1.29 is 4.42 Å². The Hall–Kier alpha value is -2.11. The molecule has 0 aliphatic heterocycles. The van der Waals surface area contributed by atoms with Crippen molar-refractivity contribution in [2.75, 3.05) is 5.73 Å². The second-order valence-electron chi connectivity index (χ2n) is 2.73. The van der Waals surface area contributed by atoms with Crippen LogP contribution in [0.3, 0.4) is 0 Å². The number of hydrogen-bond acceptors (Lipinski definition) is 5. The molecule has 72 valence electrons. The third kappa shape index (κ3) is 1.79. The van der Waals surface area contributed by atoms with E-state index in [-0.39, 0.29) is 11.9 Å². The Balaban J connectivity index is 2.14. The second-order valence-corrected chi connectivity index (χ2v) is 2.73. The molecule has 0 aromatic carbocycles. The van der Waals surface area contributed by atoms with Gasteiger partial charge < -0.3 is 10.2 Å². The predicted octanol–water partition coefficient (Wildman–Crippen LogP) is 1.04. The Morgan fingerprint density at radius 1 is 1.57 bits per heavy atom. The van der Waals surface area contributed by atoms with Gasteiger partial charge in [-0.25, -0.2) is 10.1 Å². The lowest BCUT2D eigenvalue weighted by molar-refractivity contribution is 0.528. The van der Waals surface area contributed by atoms with E-state index in [2.05, 4.69) is 20.2 Å². The van der Waals surface area contributed by atoms with Crippen molar-refractivity contribution in [3.63, 3.8) is 0 Å². The number of aliphatic imine (C=N–C) groups is 1. The number of nitrogens with zero attached hydrogens (tertiary/aromatic N) is 3. The normalized spacial score (nSPS) is 11.2. The molecule has 0 aliphatic carbocycles. The molecule has 0 unspecified atom stereocenters. The zero-order chi connectivity index (χ0) is 9.97. The summed E-state index contributed by atoms with van der Waals surface area (Å²) in [7, 11) is 0. The van der Waals surface area contributed by atoms with Gasteiger partial charge >= 0.3 is 0 Å². The van der Waals surface area contributed by atoms with Gasteiger partial charge in [-0.05, 0) is 19.1 Å². The van der Waals surface area contributed by atoms with E-state index in [1.165, 1.54) is 6.21 Å². The fourth-order valence-corrected chi connectivity index (χ4v) is 0.967. The molecule has 2 aromatic heterocycles. The molecule has 14 heavy (non-hydrogen) atoms. The fourth-order valence-electron chi connectivity index (χ4n) is 0.967. The van der Waals surface area contributed by atoms with Gasteiger partial charge in [0.15, 0.2) is 0 Å². The average molecular weight is 191 g/mol. The third-order valence-electron chi connectivity index (χ3n) is 1.56. The van der Waals surface area contributed by atoms with Crippen LogP contribution in [0.2, 0.25) is 0 Å². The van der Waals surface area contributed by atoms with Gasteiger partial charge in [0.2, 0.25) is 5.95 Å². The summed E-state index contributed by atoms with van der Waals surface area (Å²) in [6, 6.07) is 3.67. The van der Waals surface area contributed by atoms with Crippen molar-refractivity contribution in [3.8, 4) is 0 Å². The monoisotopic (exact) mass is 191 g/mol. The van der Waals surface area contributed by atoms with Gasteiger partial charge in [0.1, 0.15) is 11.5 Å². The minimum absolute atomic E-state index is 0.243. The van der Waals surface area contributed by atoms with E-state index >= 15 is 0 Å².